The number of halogens is 1. The lowest BCUT2D eigenvalue weighted by Gasteiger charge is -2.10. The molecule has 5 nitrogen and oxygen atoms in total. The van der Waals surface area contributed by atoms with Crippen LogP contribution in [0.1, 0.15) is 30.8 Å². The van der Waals surface area contributed by atoms with Crippen molar-refractivity contribution < 1.29 is 9.13 Å². The van der Waals surface area contributed by atoms with Gasteiger partial charge in [-0.2, -0.15) is 4.98 Å². The van der Waals surface area contributed by atoms with Gasteiger partial charge in [-0.3, -0.25) is 0 Å². The number of ether oxygens (including phenoxy) is 1. The van der Waals surface area contributed by atoms with E-state index in [9.17, 15) is 4.39 Å². The van der Waals surface area contributed by atoms with Crippen LogP contribution in [0.5, 0.6) is 11.8 Å². The summed E-state index contributed by atoms with van der Waals surface area (Å²) < 4.78 is 19.1. The highest BCUT2D eigenvalue weighted by atomic mass is 19.1. The van der Waals surface area contributed by atoms with Gasteiger partial charge in [-0.05, 0) is 25.0 Å². The Morgan fingerprint density at radius 2 is 1.90 bits per heavy atom. The highest BCUT2D eigenvalue weighted by molar-refractivity contribution is 5.36. The van der Waals surface area contributed by atoms with E-state index in [1.807, 2.05) is 13.8 Å². The third-order valence-electron chi connectivity index (χ3n) is 2.97. The molecule has 0 saturated carbocycles. The first kappa shape index (κ1) is 14.3. The largest absolute Gasteiger partial charge is 0.423 e. The molecule has 0 unspecified atom stereocenters. The first-order valence-corrected chi connectivity index (χ1v) is 6.57. The standard InChI is InChI=1S/C14H17FN4O/c1-3-11-12(4-2)18-19-14(17-11)20-13-7-5-6-10(15)9(13)8-16/h5-7H,3-4,8,16H2,1-2H3. The van der Waals surface area contributed by atoms with E-state index in [0.29, 0.717) is 11.3 Å². The average Bonchev–Trinajstić information content (AvgIpc) is 2.47. The molecule has 20 heavy (non-hydrogen) atoms. The fraction of sp³-hybridized carbons (Fsp3) is 0.357. The Balaban J connectivity index is 2.33. The third kappa shape index (κ3) is 2.91. The van der Waals surface area contributed by atoms with Gasteiger partial charge in [0.25, 0.3) is 0 Å². The van der Waals surface area contributed by atoms with Crippen LogP contribution in [0.25, 0.3) is 0 Å². The number of aromatic nitrogens is 3. The van der Waals surface area contributed by atoms with Gasteiger partial charge in [0.15, 0.2) is 0 Å². The van der Waals surface area contributed by atoms with E-state index in [1.165, 1.54) is 6.07 Å². The summed E-state index contributed by atoms with van der Waals surface area (Å²) >= 11 is 0. The van der Waals surface area contributed by atoms with Crippen molar-refractivity contribution in [2.24, 2.45) is 5.73 Å². The van der Waals surface area contributed by atoms with Gasteiger partial charge in [0.2, 0.25) is 0 Å². The van der Waals surface area contributed by atoms with Crippen LogP contribution in [0.15, 0.2) is 18.2 Å². The molecule has 0 saturated heterocycles. The molecule has 1 aromatic carbocycles. The molecule has 106 valence electrons. The second-order valence-electron chi connectivity index (χ2n) is 4.22. The predicted octanol–water partition coefficient (Wildman–Crippen LogP) is 2.39. The maximum atomic E-state index is 13.6. The molecule has 2 aromatic rings. The summed E-state index contributed by atoms with van der Waals surface area (Å²) in [4.78, 5) is 4.30. The number of hydrogen-bond donors (Lipinski definition) is 1. The maximum absolute atomic E-state index is 13.6. The quantitative estimate of drug-likeness (QED) is 0.907. The molecule has 0 radical (unpaired) electrons. The topological polar surface area (TPSA) is 73.9 Å². The Kier molecular flexibility index (Phi) is 4.57. The third-order valence-corrected chi connectivity index (χ3v) is 2.97. The molecule has 1 heterocycles. The van der Waals surface area contributed by atoms with Crippen LogP contribution >= 0.6 is 0 Å². The van der Waals surface area contributed by atoms with Crippen LogP contribution in [0, 0.1) is 5.82 Å². The van der Waals surface area contributed by atoms with E-state index in [1.54, 1.807) is 12.1 Å². The van der Waals surface area contributed by atoms with Crippen LogP contribution in [-0.2, 0) is 19.4 Å². The lowest BCUT2D eigenvalue weighted by Crippen LogP contribution is -2.07. The van der Waals surface area contributed by atoms with E-state index in [-0.39, 0.29) is 12.6 Å². The van der Waals surface area contributed by atoms with E-state index >= 15 is 0 Å². The lowest BCUT2D eigenvalue weighted by molar-refractivity contribution is 0.419. The number of rotatable bonds is 5. The molecule has 0 aliphatic carbocycles. The molecule has 2 rings (SSSR count). The monoisotopic (exact) mass is 276 g/mol. The van der Waals surface area contributed by atoms with Gasteiger partial charge in [0.1, 0.15) is 11.6 Å². The normalized spacial score (nSPS) is 10.6. The molecule has 6 heteroatoms. The lowest BCUT2D eigenvalue weighted by atomic mass is 10.2. The van der Waals surface area contributed by atoms with Crippen molar-refractivity contribution in [3.05, 3.63) is 41.0 Å². The van der Waals surface area contributed by atoms with Crippen molar-refractivity contribution in [1.82, 2.24) is 15.2 Å². The molecular formula is C14H17FN4O. The first-order valence-electron chi connectivity index (χ1n) is 6.57. The molecule has 0 amide bonds. The average molecular weight is 276 g/mol. The zero-order valence-corrected chi connectivity index (χ0v) is 11.6. The molecule has 1 aromatic heterocycles. The smallest absolute Gasteiger partial charge is 0.341 e. The summed E-state index contributed by atoms with van der Waals surface area (Å²) in [5.41, 5.74) is 7.51. The number of benzene rings is 1. The van der Waals surface area contributed by atoms with Crippen molar-refractivity contribution in [1.29, 1.82) is 0 Å². The Morgan fingerprint density at radius 3 is 2.55 bits per heavy atom. The van der Waals surface area contributed by atoms with Gasteiger partial charge in [0.05, 0.1) is 11.4 Å². The van der Waals surface area contributed by atoms with Crippen LogP contribution in [0.4, 0.5) is 4.39 Å². The fourth-order valence-corrected chi connectivity index (χ4v) is 1.90. The van der Waals surface area contributed by atoms with E-state index < -0.39 is 5.82 Å². The molecule has 0 spiro atoms. The van der Waals surface area contributed by atoms with Gasteiger partial charge < -0.3 is 10.5 Å². The van der Waals surface area contributed by atoms with Crippen molar-refractivity contribution >= 4 is 0 Å². The highest BCUT2D eigenvalue weighted by Crippen LogP contribution is 2.25. The van der Waals surface area contributed by atoms with Crippen molar-refractivity contribution in [2.75, 3.05) is 0 Å². The molecule has 0 bridgehead atoms. The van der Waals surface area contributed by atoms with E-state index in [2.05, 4.69) is 15.2 Å². The number of aryl methyl sites for hydroxylation is 2. The summed E-state index contributed by atoms with van der Waals surface area (Å²) in [5, 5.41) is 7.99. The summed E-state index contributed by atoms with van der Waals surface area (Å²) in [7, 11) is 0. The summed E-state index contributed by atoms with van der Waals surface area (Å²) in [6, 6.07) is 4.64. The summed E-state index contributed by atoms with van der Waals surface area (Å²) in [6.07, 6.45) is 1.50. The highest BCUT2D eigenvalue weighted by Gasteiger charge is 2.12. The van der Waals surface area contributed by atoms with Gasteiger partial charge in [-0.1, -0.05) is 25.0 Å². The zero-order chi connectivity index (χ0) is 14.5. The molecule has 0 fully saturated rings. The molecule has 2 N–H and O–H groups in total. The van der Waals surface area contributed by atoms with Crippen molar-refractivity contribution in [3.8, 4) is 11.8 Å². The van der Waals surface area contributed by atoms with Crippen LogP contribution < -0.4 is 10.5 Å². The first-order chi connectivity index (χ1) is 9.69. The Hall–Kier alpha value is -2.08. The molecule has 0 aliphatic rings. The van der Waals surface area contributed by atoms with Crippen molar-refractivity contribution in [3.63, 3.8) is 0 Å². The van der Waals surface area contributed by atoms with Gasteiger partial charge in [-0.15, -0.1) is 5.10 Å². The predicted molar refractivity (Wildman–Crippen MR) is 72.9 cm³/mol. The van der Waals surface area contributed by atoms with Crippen LogP contribution in [0.3, 0.4) is 0 Å². The Labute approximate surface area is 117 Å². The molecule has 0 aliphatic heterocycles. The van der Waals surface area contributed by atoms with Crippen LogP contribution in [-0.4, -0.2) is 15.2 Å². The summed E-state index contributed by atoms with van der Waals surface area (Å²) in [5.74, 6) is -0.0838. The minimum absolute atomic E-state index is 0.0448. The number of nitrogens with zero attached hydrogens (tertiary/aromatic N) is 3. The van der Waals surface area contributed by atoms with Gasteiger partial charge >= 0.3 is 6.01 Å². The zero-order valence-electron chi connectivity index (χ0n) is 11.6. The minimum atomic E-state index is -0.404. The maximum Gasteiger partial charge on any atom is 0.341 e. The fourth-order valence-electron chi connectivity index (χ4n) is 1.90. The molecule has 0 atom stereocenters. The molecular weight excluding hydrogens is 259 g/mol. The van der Waals surface area contributed by atoms with E-state index in [4.69, 9.17) is 10.5 Å². The van der Waals surface area contributed by atoms with Crippen LogP contribution in [0.2, 0.25) is 0 Å². The number of nitrogens with two attached hydrogens (primary N) is 1. The second-order valence-corrected chi connectivity index (χ2v) is 4.22. The minimum Gasteiger partial charge on any atom is -0.423 e. The van der Waals surface area contributed by atoms with Crippen molar-refractivity contribution in [2.45, 2.75) is 33.2 Å². The van der Waals surface area contributed by atoms with Gasteiger partial charge in [0, 0.05) is 12.1 Å². The van der Waals surface area contributed by atoms with E-state index in [0.717, 1.165) is 24.2 Å². The summed E-state index contributed by atoms with van der Waals surface area (Å²) in [6.45, 7) is 4.02. The van der Waals surface area contributed by atoms with Gasteiger partial charge in [-0.25, -0.2) is 4.39 Å². The SMILES string of the molecule is CCc1nnc(Oc2cccc(F)c2CN)nc1CC. The Bertz CT molecular complexity index is 604. The number of hydrogen-bond acceptors (Lipinski definition) is 5. The Morgan fingerprint density at radius 1 is 1.15 bits per heavy atom. The second kappa shape index (κ2) is 6.38.